The van der Waals surface area contributed by atoms with Gasteiger partial charge in [-0.3, -0.25) is 4.57 Å². The highest BCUT2D eigenvalue weighted by molar-refractivity contribution is 5.76. The lowest BCUT2D eigenvalue weighted by atomic mass is 10.3. The van der Waals surface area contributed by atoms with E-state index in [2.05, 4.69) is 4.98 Å². The van der Waals surface area contributed by atoms with Crippen LogP contribution in [-0.2, 0) is 6.54 Å². The number of aromatic nitrogens is 2. The summed E-state index contributed by atoms with van der Waals surface area (Å²) < 4.78 is 1.68. The van der Waals surface area contributed by atoms with E-state index in [1.807, 2.05) is 6.92 Å². The molecule has 0 aliphatic rings. The van der Waals surface area contributed by atoms with Gasteiger partial charge in [0.2, 0.25) is 0 Å². The minimum Gasteiger partial charge on any atom is -0.508 e. The third kappa shape index (κ3) is 1.28. The fourth-order valence-electron chi connectivity index (χ4n) is 1.60. The van der Waals surface area contributed by atoms with Crippen molar-refractivity contribution in [2.24, 2.45) is 0 Å². The molecule has 0 aliphatic heterocycles. The Labute approximate surface area is 80.8 Å². The number of hydrogen-bond donors (Lipinski definition) is 2. The van der Waals surface area contributed by atoms with Crippen LogP contribution in [0.2, 0.25) is 0 Å². The molecule has 0 aliphatic carbocycles. The maximum absolute atomic E-state index is 11.5. The molecule has 4 heteroatoms. The third-order valence-corrected chi connectivity index (χ3v) is 2.20. The van der Waals surface area contributed by atoms with Crippen LogP contribution in [-0.4, -0.2) is 14.7 Å². The summed E-state index contributed by atoms with van der Waals surface area (Å²) in [6, 6.07) is 4.89. The second-order valence-corrected chi connectivity index (χ2v) is 3.28. The minimum absolute atomic E-state index is 0.118. The number of aromatic amines is 1. The van der Waals surface area contributed by atoms with Gasteiger partial charge in [0.05, 0.1) is 11.0 Å². The summed E-state index contributed by atoms with van der Waals surface area (Å²) in [6.45, 7) is 2.72. The summed E-state index contributed by atoms with van der Waals surface area (Å²) in [5.41, 5.74) is 1.41. The first-order valence-corrected chi connectivity index (χ1v) is 4.64. The molecule has 0 spiro atoms. The fraction of sp³-hybridized carbons (Fsp3) is 0.300. The normalized spacial score (nSPS) is 10.9. The van der Waals surface area contributed by atoms with Gasteiger partial charge in [-0.25, -0.2) is 4.79 Å². The molecule has 1 heterocycles. The van der Waals surface area contributed by atoms with Gasteiger partial charge in [0.1, 0.15) is 5.75 Å². The van der Waals surface area contributed by atoms with Gasteiger partial charge in [-0.05, 0) is 18.6 Å². The average molecular weight is 192 g/mol. The Morgan fingerprint density at radius 2 is 2.29 bits per heavy atom. The molecule has 0 saturated carbocycles. The van der Waals surface area contributed by atoms with Crippen LogP contribution < -0.4 is 5.69 Å². The number of phenolic OH excluding ortho intramolecular Hbond substituents is 1. The topological polar surface area (TPSA) is 58.0 Å². The number of fused-ring (bicyclic) bond motifs is 1. The fourth-order valence-corrected chi connectivity index (χ4v) is 1.60. The van der Waals surface area contributed by atoms with Gasteiger partial charge in [0.15, 0.2) is 0 Å². The zero-order valence-electron chi connectivity index (χ0n) is 7.95. The number of hydrogen-bond acceptors (Lipinski definition) is 2. The summed E-state index contributed by atoms with van der Waals surface area (Å²) in [6.07, 6.45) is 0.910. The van der Waals surface area contributed by atoms with Gasteiger partial charge in [-0.2, -0.15) is 0 Å². The van der Waals surface area contributed by atoms with Crippen molar-refractivity contribution in [1.82, 2.24) is 9.55 Å². The van der Waals surface area contributed by atoms with E-state index in [-0.39, 0.29) is 11.4 Å². The molecule has 0 amide bonds. The summed E-state index contributed by atoms with van der Waals surface area (Å²) in [7, 11) is 0. The van der Waals surface area contributed by atoms with E-state index in [1.54, 1.807) is 22.8 Å². The van der Waals surface area contributed by atoms with E-state index in [4.69, 9.17) is 0 Å². The Kier molecular flexibility index (Phi) is 2.04. The molecule has 0 saturated heterocycles. The van der Waals surface area contributed by atoms with Crippen LogP contribution in [0.4, 0.5) is 0 Å². The van der Waals surface area contributed by atoms with Crippen LogP contribution in [0.3, 0.4) is 0 Å². The smallest absolute Gasteiger partial charge is 0.326 e. The predicted molar refractivity (Wildman–Crippen MR) is 54.5 cm³/mol. The van der Waals surface area contributed by atoms with Crippen molar-refractivity contribution in [2.45, 2.75) is 19.9 Å². The van der Waals surface area contributed by atoms with Crippen LogP contribution in [0.25, 0.3) is 11.0 Å². The van der Waals surface area contributed by atoms with Crippen molar-refractivity contribution in [3.05, 3.63) is 28.7 Å². The number of imidazole rings is 1. The highest BCUT2D eigenvalue weighted by Gasteiger charge is 2.05. The quantitative estimate of drug-likeness (QED) is 0.756. The summed E-state index contributed by atoms with van der Waals surface area (Å²) in [4.78, 5) is 14.2. The molecule has 0 unspecified atom stereocenters. The second-order valence-electron chi connectivity index (χ2n) is 3.28. The second kappa shape index (κ2) is 3.21. The van der Waals surface area contributed by atoms with Gasteiger partial charge in [-0.1, -0.05) is 6.92 Å². The maximum Gasteiger partial charge on any atom is 0.326 e. The van der Waals surface area contributed by atoms with Gasteiger partial charge < -0.3 is 10.1 Å². The lowest BCUT2D eigenvalue weighted by molar-refractivity contribution is 0.476. The number of nitrogens with zero attached hydrogens (tertiary/aromatic N) is 1. The molecule has 0 bridgehead atoms. The van der Waals surface area contributed by atoms with Crippen molar-refractivity contribution in [3.63, 3.8) is 0 Å². The predicted octanol–water partition coefficient (Wildman–Crippen LogP) is 1.45. The van der Waals surface area contributed by atoms with E-state index in [0.717, 1.165) is 11.9 Å². The van der Waals surface area contributed by atoms with E-state index < -0.39 is 0 Å². The maximum atomic E-state index is 11.5. The number of aromatic hydroxyl groups is 1. The van der Waals surface area contributed by atoms with Gasteiger partial charge >= 0.3 is 5.69 Å². The highest BCUT2D eigenvalue weighted by atomic mass is 16.3. The van der Waals surface area contributed by atoms with Crippen molar-refractivity contribution in [2.75, 3.05) is 0 Å². The monoisotopic (exact) mass is 192 g/mol. The minimum atomic E-state index is -0.118. The number of aryl methyl sites for hydroxylation is 1. The van der Waals surface area contributed by atoms with Crippen LogP contribution in [0.15, 0.2) is 23.0 Å². The Bertz CT molecular complexity index is 510. The Hall–Kier alpha value is -1.71. The van der Waals surface area contributed by atoms with Crippen molar-refractivity contribution in [1.29, 1.82) is 0 Å². The summed E-state index contributed by atoms with van der Waals surface area (Å²) >= 11 is 0. The van der Waals surface area contributed by atoms with Crippen LogP contribution in [0, 0.1) is 0 Å². The molecule has 2 aromatic rings. The number of phenols is 1. The van der Waals surface area contributed by atoms with Crippen molar-refractivity contribution in [3.8, 4) is 5.75 Å². The standard InChI is InChI=1S/C10H12N2O2/c1-2-5-12-9-4-3-7(13)6-8(9)11-10(12)14/h3-4,6,13H,2,5H2,1H3,(H,11,14). The molecular formula is C10H12N2O2. The first kappa shape index (κ1) is 8.87. The summed E-state index contributed by atoms with van der Waals surface area (Å²) in [5.74, 6) is 0.169. The first-order chi connectivity index (χ1) is 6.72. The lowest BCUT2D eigenvalue weighted by Crippen LogP contribution is -2.16. The number of nitrogens with one attached hydrogen (secondary N) is 1. The first-order valence-electron chi connectivity index (χ1n) is 4.64. The Balaban J connectivity index is 2.71. The van der Waals surface area contributed by atoms with E-state index >= 15 is 0 Å². The van der Waals surface area contributed by atoms with Gasteiger partial charge in [0.25, 0.3) is 0 Å². The third-order valence-electron chi connectivity index (χ3n) is 2.20. The molecule has 1 aromatic carbocycles. The molecular weight excluding hydrogens is 180 g/mol. The molecule has 2 rings (SSSR count). The molecule has 0 fully saturated rings. The van der Waals surface area contributed by atoms with Gasteiger partial charge in [-0.15, -0.1) is 0 Å². The van der Waals surface area contributed by atoms with Crippen LogP contribution >= 0.6 is 0 Å². The molecule has 0 radical (unpaired) electrons. The van der Waals surface area contributed by atoms with Gasteiger partial charge in [0, 0.05) is 12.6 Å². The van der Waals surface area contributed by atoms with E-state index in [9.17, 15) is 9.90 Å². The zero-order valence-corrected chi connectivity index (χ0v) is 7.95. The van der Waals surface area contributed by atoms with Crippen LogP contribution in [0.5, 0.6) is 5.75 Å². The van der Waals surface area contributed by atoms with Crippen molar-refractivity contribution >= 4 is 11.0 Å². The Morgan fingerprint density at radius 3 is 3.00 bits per heavy atom. The zero-order chi connectivity index (χ0) is 10.1. The van der Waals surface area contributed by atoms with E-state index in [0.29, 0.717) is 12.1 Å². The molecule has 1 aromatic heterocycles. The molecule has 4 nitrogen and oxygen atoms in total. The van der Waals surface area contributed by atoms with E-state index in [1.165, 1.54) is 0 Å². The lowest BCUT2D eigenvalue weighted by Gasteiger charge is -1.99. The number of rotatable bonds is 2. The molecule has 2 N–H and O–H groups in total. The summed E-state index contributed by atoms with van der Waals surface area (Å²) in [5, 5.41) is 9.23. The SMILES string of the molecule is CCCn1c(=O)[nH]c2cc(O)ccc21. The number of benzene rings is 1. The average Bonchev–Trinajstić information content (AvgIpc) is 2.43. The molecule has 74 valence electrons. The Morgan fingerprint density at radius 1 is 1.50 bits per heavy atom. The largest absolute Gasteiger partial charge is 0.508 e. The molecule has 0 atom stereocenters. The van der Waals surface area contributed by atoms with Crippen LogP contribution in [0.1, 0.15) is 13.3 Å². The number of H-pyrrole nitrogens is 1. The highest BCUT2D eigenvalue weighted by Crippen LogP contribution is 2.16. The van der Waals surface area contributed by atoms with Crippen molar-refractivity contribution < 1.29 is 5.11 Å². The molecule has 14 heavy (non-hydrogen) atoms.